The van der Waals surface area contributed by atoms with Crippen LogP contribution in [-0.2, 0) is 0 Å². The van der Waals surface area contributed by atoms with Crippen molar-refractivity contribution < 1.29 is 9.18 Å². The Balaban J connectivity index is 1.83. The Morgan fingerprint density at radius 3 is 1.41 bits per heavy atom. The van der Waals surface area contributed by atoms with Crippen LogP contribution in [0.1, 0.15) is 15.9 Å². The topological polar surface area (TPSA) is 29.1 Å². The molecule has 180 valence electrons. The first-order valence-corrected chi connectivity index (χ1v) is 13.9. The number of carbonyl (C=O) groups is 1. The van der Waals surface area contributed by atoms with E-state index in [0.29, 0.717) is 5.56 Å². The quantitative estimate of drug-likeness (QED) is 0.251. The van der Waals surface area contributed by atoms with Crippen LogP contribution in [-0.4, -0.2) is 5.91 Å². The lowest BCUT2D eigenvalue weighted by atomic mass is 10.2. The maximum atomic E-state index is 13.8. The lowest BCUT2D eigenvalue weighted by Gasteiger charge is -2.29. The molecule has 5 aromatic rings. The van der Waals surface area contributed by atoms with Gasteiger partial charge < -0.3 is 0 Å². The summed E-state index contributed by atoms with van der Waals surface area (Å²) in [4.78, 5) is 13.6. The van der Waals surface area contributed by atoms with Gasteiger partial charge in [-0.05, 0) is 66.2 Å². The van der Waals surface area contributed by atoms with Gasteiger partial charge in [0.25, 0.3) is 5.91 Å². The van der Waals surface area contributed by atoms with Gasteiger partial charge in [-0.3, -0.25) is 10.1 Å². The second-order valence-corrected chi connectivity index (χ2v) is 12.0. The van der Waals surface area contributed by atoms with Gasteiger partial charge in [-0.25, -0.2) is 4.39 Å². The number of halogens is 1. The zero-order valence-corrected chi connectivity index (χ0v) is 21.1. The predicted molar refractivity (Wildman–Crippen MR) is 153 cm³/mol. The molecular formula is C33H26FNOP+. The van der Waals surface area contributed by atoms with Crippen molar-refractivity contribution in [2.45, 2.75) is 0 Å². The number of hydrogen-bond acceptors (Lipinski definition) is 1. The van der Waals surface area contributed by atoms with Gasteiger partial charge in [0.05, 0.1) is 0 Å². The molecule has 0 aromatic heterocycles. The predicted octanol–water partition coefficient (Wildman–Crippen LogP) is 6.55. The fourth-order valence-electron chi connectivity index (χ4n) is 4.53. The zero-order valence-electron chi connectivity index (χ0n) is 20.2. The average Bonchev–Trinajstić information content (AvgIpc) is 2.97. The summed E-state index contributed by atoms with van der Waals surface area (Å²) in [5, 5.41) is 6.63. The molecule has 0 saturated carbocycles. The van der Waals surface area contributed by atoms with Gasteiger partial charge in [-0.15, -0.1) is 0 Å². The Labute approximate surface area is 217 Å². The molecule has 1 amide bonds. The van der Waals surface area contributed by atoms with Crippen molar-refractivity contribution in [2.24, 2.45) is 0 Å². The van der Waals surface area contributed by atoms with Crippen molar-refractivity contribution in [3.63, 3.8) is 0 Å². The smallest absolute Gasteiger partial charge is 0.258 e. The van der Waals surface area contributed by atoms with Crippen molar-refractivity contribution in [3.05, 3.63) is 168 Å². The van der Waals surface area contributed by atoms with Crippen LogP contribution in [0.2, 0.25) is 0 Å². The second-order valence-electron chi connectivity index (χ2n) is 8.58. The fraction of sp³-hybridized carbons (Fsp3) is 0. The van der Waals surface area contributed by atoms with Crippen molar-refractivity contribution in [1.82, 2.24) is 5.32 Å². The van der Waals surface area contributed by atoms with E-state index >= 15 is 0 Å². The third-order valence-electron chi connectivity index (χ3n) is 6.24. The summed E-state index contributed by atoms with van der Waals surface area (Å²) >= 11 is 0. The molecule has 0 spiro atoms. The van der Waals surface area contributed by atoms with Crippen molar-refractivity contribution in [1.29, 1.82) is 0 Å². The first-order chi connectivity index (χ1) is 18.2. The molecular weight excluding hydrogens is 476 g/mol. The van der Waals surface area contributed by atoms with Gasteiger partial charge in [0.2, 0.25) is 0 Å². The molecule has 37 heavy (non-hydrogen) atoms. The van der Waals surface area contributed by atoms with Crippen molar-refractivity contribution >= 4 is 35.2 Å². The standard InChI is InChI=1S/C33H25FNOP/c34-28-23-21-26(22-24-28)25-32(35-33(36)27-13-5-1-6-14-27)37(29-15-7-2-8-16-29,30-17-9-3-10-18-30)31-19-11-4-12-20-31/h1-25H/p+1. The third kappa shape index (κ3) is 5.14. The Morgan fingerprint density at radius 2 is 0.973 bits per heavy atom. The van der Waals surface area contributed by atoms with E-state index in [-0.39, 0.29) is 11.7 Å². The maximum absolute atomic E-state index is 13.8. The van der Waals surface area contributed by atoms with Crippen LogP contribution in [0.3, 0.4) is 0 Å². The third-order valence-corrected chi connectivity index (χ3v) is 10.4. The van der Waals surface area contributed by atoms with E-state index in [0.717, 1.165) is 26.9 Å². The van der Waals surface area contributed by atoms with Crippen LogP contribution in [0.4, 0.5) is 4.39 Å². The van der Waals surface area contributed by atoms with Gasteiger partial charge in [-0.2, -0.15) is 0 Å². The molecule has 0 unspecified atom stereocenters. The molecule has 5 aromatic carbocycles. The summed E-state index contributed by atoms with van der Waals surface area (Å²) in [6.45, 7) is 0. The maximum Gasteiger partial charge on any atom is 0.258 e. The molecule has 0 aliphatic carbocycles. The van der Waals surface area contributed by atoms with Crippen molar-refractivity contribution in [2.75, 3.05) is 0 Å². The molecule has 0 saturated heterocycles. The summed E-state index contributed by atoms with van der Waals surface area (Å²) in [5.41, 5.74) is 2.15. The van der Waals surface area contributed by atoms with E-state index in [1.165, 1.54) is 12.1 Å². The summed E-state index contributed by atoms with van der Waals surface area (Å²) in [6.07, 6.45) is 1.99. The van der Waals surface area contributed by atoms with E-state index in [1.807, 2.05) is 78.9 Å². The molecule has 0 atom stereocenters. The van der Waals surface area contributed by atoms with E-state index in [4.69, 9.17) is 0 Å². The minimum absolute atomic E-state index is 0.193. The van der Waals surface area contributed by atoms with Crippen LogP contribution in [0.15, 0.2) is 151 Å². The molecule has 0 heterocycles. The van der Waals surface area contributed by atoms with Gasteiger partial charge in [0, 0.05) is 11.6 Å². The van der Waals surface area contributed by atoms with Crippen LogP contribution in [0.25, 0.3) is 6.08 Å². The normalized spacial score (nSPS) is 11.6. The highest BCUT2D eigenvalue weighted by Gasteiger charge is 2.50. The first-order valence-electron chi connectivity index (χ1n) is 12.1. The number of benzene rings is 5. The van der Waals surface area contributed by atoms with Gasteiger partial charge >= 0.3 is 0 Å². The monoisotopic (exact) mass is 502 g/mol. The molecule has 0 radical (unpaired) electrons. The van der Waals surface area contributed by atoms with E-state index in [9.17, 15) is 9.18 Å². The Bertz CT molecular complexity index is 1390. The fourth-order valence-corrected chi connectivity index (χ4v) is 8.73. The highest BCUT2D eigenvalue weighted by atomic mass is 31.2. The Morgan fingerprint density at radius 1 is 0.568 bits per heavy atom. The summed E-state index contributed by atoms with van der Waals surface area (Å²) in [5.74, 6) is -0.497. The number of hydrogen-bond donors (Lipinski definition) is 1. The molecule has 2 nitrogen and oxygen atoms in total. The summed E-state index contributed by atoms with van der Waals surface area (Å²) < 4.78 is 13.8. The molecule has 1 N–H and O–H groups in total. The summed E-state index contributed by atoms with van der Waals surface area (Å²) in [7, 11) is -2.58. The van der Waals surface area contributed by atoms with Crippen LogP contribution in [0.5, 0.6) is 0 Å². The molecule has 5 rings (SSSR count). The average molecular weight is 503 g/mol. The SMILES string of the molecule is O=C(NC(=Cc1ccc(F)cc1)[P+](c1ccccc1)(c1ccccc1)c1ccccc1)c1ccccc1. The highest BCUT2D eigenvalue weighted by molar-refractivity contribution is 7.99. The van der Waals surface area contributed by atoms with Gasteiger partial charge in [-0.1, -0.05) is 84.9 Å². The second kappa shape index (κ2) is 11.2. The van der Waals surface area contributed by atoms with Crippen LogP contribution in [0, 0.1) is 5.82 Å². The zero-order chi connectivity index (χ0) is 25.5. The molecule has 4 heteroatoms. The molecule has 0 aliphatic rings. The van der Waals surface area contributed by atoms with Crippen molar-refractivity contribution in [3.8, 4) is 0 Å². The Hall–Kier alpha value is -4.33. The van der Waals surface area contributed by atoms with Gasteiger partial charge in [0.1, 0.15) is 21.7 Å². The lowest BCUT2D eigenvalue weighted by molar-refractivity contribution is 0.0969. The van der Waals surface area contributed by atoms with Crippen LogP contribution < -0.4 is 21.2 Å². The molecule has 0 aliphatic heterocycles. The van der Waals surface area contributed by atoms with Crippen LogP contribution >= 0.6 is 7.26 Å². The highest BCUT2D eigenvalue weighted by Crippen LogP contribution is 2.61. The van der Waals surface area contributed by atoms with E-state index in [2.05, 4.69) is 41.7 Å². The minimum Gasteiger partial charge on any atom is -0.292 e. The van der Waals surface area contributed by atoms with E-state index in [1.54, 1.807) is 24.3 Å². The molecule has 0 bridgehead atoms. The summed E-state index contributed by atoms with van der Waals surface area (Å²) in [6, 6.07) is 46.5. The lowest BCUT2D eigenvalue weighted by Crippen LogP contribution is -2.38. The van der Waals surface area contributed by atoms with Gasteiger partial charge in [0.15, 0.2) is 12.7 Å². The number of nitrogens with one attached hydrogen (secondary N) is 1. The molecule has 0 fully saturated rings. The Kier molecular flexibility index (Phi) is 7.35. The number of rotatable bonds is 7. The number of amides is 1. The minimum atomic E-state index is -2.58. The first kappa shape index (κ1) is 24.4. The number of carbonyl (C=O) groups excluding carboxylic acids is 1. The van der Waals surface area contributed by atoms with E-state index < -0.39 is 7.26 Å². The largest absolute Gasteiger partial charge is 0.292 e.